The van der Waals surface area contributed by atoms with E-state index in [-0.39, 0.29) is 30.9 Å². The third-order valence-corrected chi connectivity index (χ3v) is 8.47. The van der Waals surface area contributed by atoms with E-state index in [9.17, 15) is 24.3 Å². The van der Waals surface area contributed by atoms with E-state index in [1.54, 1.807) is 9.80 Å². The molecule has 218 valence electrons. The highest BCUT2D eigenvalue weighted by Gasteiger charge is 2.56. The molecule has 1 unspecified atom stereocenters. The van der Waals surface area contributed by atoms with Crippen LogP contribution < -0.4 is 5.73 Å². The van der Waals surface area contributed by atoms with E-state index in [1.165, 1.54) is 10.5 Å². The van der Waals surface area contributed by atoms with Crippen LogP contribution in [0.3, 0.4) is 0 Å². The lowest BCUT2D eigenvalue weighted by Gasteiger charge is -2.47. The van der Waals surface area contributed by atoms with Gasteiger partial charge in [-0.25, -0.2) is 14.5 Å². The number of aryl methyl sites for hydroxylation is 1. The van der Waals surface area contributed by atoms with Crippen LogP contribution in [0.1, 0.15) is 56.9 Å². The second kappa shape index (κ2) is 13.6. The van der Waals surface area contributed by atoms with Crippen LogP contribution in [-0.2, 0) is 20.8 Å². The molecule has 4 N–H and O–H groups in total. The maximum absolute atomic E-state index is 13.1. The predicted octanol–water partition coefficient (Wildman–Crippen LogP) is 2.35. The fourth-order valence-corrected chi connectivity index (χ4v) is 6.17. The summed E-state index contributed by atoms with van der Waals surface area (Å²) in [4.78, 5) is 56.7. The van der Waals surface area contributed by atoms with E-state index in [0.717, 1.165) is 49.8 Å². The molecule has 1 aromatic carbocycles. The van der Waals surface area contributed by atoms with Crippen LogP contribution in [0.15, 0.2) is 30.3 Å². The van der Waals surface area contributed by atoms with Crippen LogP contribution in [0.25, 0.3) is 0 Å². The lowest BCUT2D eigenvalue weighted by atomic mass is 9.78. The fraction of sp³-hybridized carbons (Fsp3) is 0.621. The van der Waals surface area contributed by atoms with E-state index in [2.05, 4.69) is 12.1 Å². The molecular weight excluding hydrogens is 512 g/mol. The number of benzene rings is 1. The maximum Gasteiger partial charge on any atom is 0.327 e. The third kappa shape index (κ3) is 7.11. The minimum atomic E-state index is -1.19. The molecule has 3 fully saturated rings. The van der Waals surface area contributed by atoms with Crippen LogP contribution in [0.2, 0.25) is 0 Å². The molecule has 3 aliphatic rings. The number of nitrogens with zero attached hydrogens (tertiary/aromatic N) is 4. The first kappa shape index (κ1) is 29.4. The van der Waals surface area contributed by atoms with Gasteiger partial charge in [-0.1, -0.05) is 43.2 Å². The van der Waals surface area contributed by atoms with Gasteiger partial charge in [0.15, 0.2) is 12.0 Å². The van der Waals surface area contributed by atoms with E-state index in [4.69, 9.17) is 11.1 Å². The first-order valence-corrected chi connectivity index (χ1v) is 14.5. The summed E-state index contributed by atoms with van der Waals surface area (Å²) in [7, 11) is 0. The van der Waals surface area contributed by atoms with Gasteiger partial charge in [0.2, 0.25) is 11.8 Å². The molecule has 3 heterocycles. The molecular formula is C29H42N6O5. The Morgan fingerprint density at radius 1 is 0.925 bits per heavy atom. The molecule has 1 aromatic rings. The largest absolute Gasteiger partial charge is 0.480 e. The third-order valence-electron chi connectivity index (χ3n) is 8.47. The monoisotopic (exact) mass is 554 g/mol. The van der Waals surface area contributed by atoms with Crippen molar-refractivity contribution < 1.29 is 24.3 Å². The second-order valence-electron chi connectivity index (χ2n) is 11.2. The summed E-state index contributed by atoms with van der Waals surface area (Å²) in [6.07, 6.45) is 7.56. The Labute approximate surface area is 235 Å². The normalized spacial score (nSPS) is 23.1. The quantitative estimate of drug-likeness (QED) is 0.174. The number of carboxylic acid groups (broad SMARTS) is 1. The summed E-state index contributed by atoms with van der Waals surface area (Å²) < 4.78 is 0. The number of carboxylic acids is 1. The summed E-state index contributed by atoms with van der Waals surface area (Å²) >= 11 is 0. The van der Waals surface area contributed by atoms with E-state index in [1.807, 2.05) is 18.2 Å². The number of hydrogen-bond donors (Lipinski definition) is 3. The fourth-order valence-electron chi connectivity index (χ4n) is 6.17. The van der Waals surface area contributed by atoms with Gasteiger partial charge in [-0.2, -0.15) is 0 Å². The van der Waals surface area contributed by atoms with Gasteiger partial charge in [-0.3, -0.25) is 15.0 Å². The Morgan fingerprint density at radius 3 is 2.27 bits per heavy atom. The van der Waals surface area contributed by atoms with Crippen molar-refractivity contribution in [2.45, 2.75) is 63.8 Å². The zero-order chi connectivity index (χ0) is 28.6. The van der Waals surface area contributed by atoms with Crippen molar-refractivity contribution in [2.75, 3.05) is 39.3 Å². The Bertz CT molecular complexity index is 1070. The second-order valence-corrected chi connectivity index (χ2v) is 11.2. The number of β-lactam (4-membered cyclic amide) rings is 1. The van der Waals surface area contributed by atoms with Crippen LogP contribution in [0, 0.1) is 17.2 Å². The molecule has 0 bridgehead atoms. The molecule has 3 saturated heterocycles. The first-order valence-electron chi connectivity index (χ1n) is 14.5. The number of guanidine groups is 1. The molecule has 40 heavy (non-hydrogen) atoms. The molecule has 0 aliphatic carbocycles. The number of urea groups is 1. The summed E-state index contributed by atoms with van der Waals surface area (Å²) in [6, 6.07) is 8.60. The van der Waals surface area contributed by atoms with Gasteiger partial charge >= 0.3 is 12.0 Å². The molecule has 4 rings (SSSR count). The van der Waals surface area contributed by atoms with Crippen molar-refractivity contribution >= 4 is 29.8 Å². The van der Waals surface area contributed by atoms with Gasteiger partial charge in [0.05, 0.1) is 5.92 Å². The number of nitrogens with one attached hydrogen (secondary N) is 1. The number of amides is 4. The van der Waals surface area contributed by atoms with Crippen molar-refractivity contribution in [3.8, 4) is 0 Å². The van der Waals surface area contributed by atoms with E-state index in [0.29, 0.717) is 39.0 Å². The molecule has 11 nitrogen and oxygen atoms in total. The Hall–Kier alpha value is -3.63. The average molecular weight is 555 g/mol. The summed E-state index contributed by atoms with van der Waals surface area (Å²) in [5.74, 6) is -2.30. The highest BCUT2D eigenvalue weighted by Crippen LogP contribution is 2.36. The van der Waals surface area contributed by atoms with Crippen LogP contribution >= 0.6 is 0 Å². The standard InChI is InChI=1S/C29H42N6O5/c30-28(31)34-14-8-12-22(20-34)19-23-25(27(38)39)35(26(23)37)29(40)33-17-15-32(16-18-33)24(36)13-7-2-1-4-9-21-10-5-3-6-11-21/h3,5-6,10-11,22-23,25H,1-2,4,7-9,12-20H2,(H3,30,31)(H,38,39)/t22-,23-,25?/m0/s1. The Morgan fingerprint density at radius 2 is 1.60 bits per heavy atom. The number of piperazine rings is 1. The maximum atomic E-state index is 13.1. The first-order chi connectivity index (χ1) is 19.3. The number of aliphatic carboxylic acids is 1. The Balaban J connectivity index is 1.18. The molecule has 4 amide bonds. The van der Waals surface area contributed by atoms with Crippen molar-refractivity contribution in [3.63, 3.8) is 0 Å². The minimum absolute atomic E-state index is 0.0207. The number of piperidine rings is 1. The summed E-state index contributed by atoms with van der Waals surface area (Å²) in [5.41, 5.74) is 6.94. The zero-order valence-electron chi connectivity index (χ0n) is 23.2. The van der Waals surface area contributed by atoms with Crippen molar-refractivity contribution in [1.29, 1.82) is 5.41 Å². The van der Waals surface area contributed by atoms with Gasteiger partial charge in [0.25, 0.3) is 0 Å². The molecule has 0 aromatic heterocycles. The van der Waals surface area contributed by atoms with Crippen LogP contribution in [-0.4, -0.2) is 99.8 Å². The number of unbranched alkanes of at least 4 members (excludes halogenated alkanes) is 3. The lowest BCUT2D eigenvalue weighted by Crippen LogP contribution is -2.70. The number of carbonyl (C=O) groups excluding carboxylic acids is 3. The van der Waals surface area contributed by atoms with Crippen LogP contribution in [0.5, 0.6) is 0 Å². The molecule has 11 heteroatoms. The molecule has 0 radical (unpaired) electrons. The number of rotatable bonds is 10. The number of carbonyl (C=O) groups is 4. The smallest absolute Gasteiger partial charge is 0.327 e. The number of nitrogens with two attached hydrogens (primary N) is 1. The van der Waals surface area contributed by atoms with Crippen LogP contribution in [0.4, 0.5) is 4.79 Å². The summed E-state index contributed by atoms with van der Waals surface area (Å²) in [5, 5.41) is 17.5. The number of likely N-dealkylation sites (tertiary alicyclic amines) is 2. The molecule has 3 atom stereocenters. The van der Waals surface area contributed by atoms with Gasteiger partial charge < -0.3 is 25.5 Å². The lowest BCUT2D eigenvalue weighted by molar-refractivity contribution is -0.167. The zero-order valence-corrected chi connectivity index (χ0v) is 23.2. The molecule has 0 saturated carbocycles. The highest BCUT2D eigenvalue weighted by molar-refractivity contribution is 6.07. The predicted molar refractivity (Wildman–Crippen MR) is 149 cm³/mol. The van der Waals surface area contributed by atoms with E-state index < -0.39 is 29.9 Å². The van der Waals surface area contributed by atoms with Crippen molar-refractivity contribution in [3.05, 3.63) is 35.9 Å². The van der Waals surface area contributed by atoms with Gasteiger partial charge in [-0.15, -0.1) is 0 Å². The summed E-state index contributed by atoms with van der Waals surface area (Å²) in [6.45, 7) is 2.51. The van der Waals surface area contributed by atoms with Gasteiger partial charge in [0.1, 0.15) is 0 Å². The highest BCUT2D eigenvalue weighted by atomic mass is 16.4. The van der Waals surface area contributed by atoms with Crippen molar-refractivity contribution in [1.82, 2.24) is 19.6 Å². The van der Waals surface area contributed by atoms with E-state index >= 15 is 0 Å². The van der Waals surface area contributed by atoms with Gasteiger partial charge in [-0.05, 0) is 50.0 Å². The minimum Gasteiger partial charge on any atom is -0.480 e. The van der Waals surface area contributed by atoms with Gasteiger partial charge in [0, 0.05) is 45.7 Å². The van der Waals surface area contributed by atoms with Crippen molar-refractivity contribution in [2.24, 2.45) is 17.6 Å². The number of imide groups is 1. The average Bonchev–Trinajstić information content (AvgIpc) is 2.96. The molecule has 3 aliphatic heterocycles. The molecule has 0 spiro atoms. The number of hydrogen-bond acceptors (Lipinski definition) is 5. The SMILES string of the molecule is N=C(N)N1CCC[C@@H](C[C@@H]2C(=O)N(C(=O)N3CCN(C(=O)CCCCCCc4ccccc4)CC3)C2C(=O)O)C1. The Kier molecular flexibility index (Phi) is 10.0. The topological polar surface area (TPSA) is 151 Å².